The van der Waals surface area contributed by atoms with Crippen molar-refractivity contribution >= 4 is 11.9 Å². The van der Waals surface area contributed by atoms with Crippen molar-refractivity contribution in [3.63, 3.8) is 0 Å². The van der Waals surface area contributed by atoms with Crippen LogP contribution in [0.15, 0.2) is 134 Å². The van der Waals surface area contributed by atoms with Crippen LogP contribution in [0.1, 0.15) is 213 Å². The summed E-state index contributed by atoms with van der Waals surface area (Å²) < 4.78 is 17.4. The Morgan fingerprint density at radius 2 is 0.636 bits per heavy atom. The van der Waals surface area contributed by atoms with Gasteiger partial charge < -0.3 is 14.2 Å². The van der Waals surface area contributed by atoms with Crippen molar-refractivity contribution in [3.05, 3.63) is 134 Å². The molecule has 0 aliphatic heterocycles. The smallest absolute Gasteiger partial charge is 0.306 e. The molecule has 1 unspecified atom stereocenters. The summed E-state index contributed by atoms with van der Waals surface area (Å²) in [5.41, 5.74) is 0. The van der Waals surface area contributed by atoms with Gasteiger partial charge in [-0.1, -0.05) is 206 Å². The van der Waals surface area contributed by atoms with Gasteiger partial charge in [0.15, 0.2) is 6.10 Å². The number of esters is 2. The van der Waals surface area contributed by atoms with Gasteiger partial charge in [0.2, 0.25) is 0 Å². The molecule has 0 aliphatic carbocycles. The summed E-state index contributed by atoms with van der Waals surface area (Å²) in [6, 6.07) is 0. The molecule has 0 N–H and O–H groups in total. The van der Waals surface area contributed by atoms with Crippen molar-refractivity contribution in [2.75, 3.05) is 19.8 Å². The highest BCUT2D eigenvalue weighted by atomic mass is 16.6. The highest BCUT2D eigenvalue weighted by molar-refractivity contribution is 5.70. The van der Waals surface area contributed by atoms with Gasteiger partial charge in [-0.25, -0.2) is 0 Å². The normalized spacial score (nSPS) is 13.3. The van der Waals surface area contributed by atoms with Crippen LogP contribution in [0, 0.1) is 0 Å². The lowest BCUT2D eigenvalue weighted by atomic mass is 10.1. The van der Waals surface area contributed by atoms with E-state index < -0.39 is 6.10 Å². The second kappa shape index (κ2) is 55.4. The molecule has 0 aromatic carbocycles. The molecule has 0 amide bonds. The second-order valence-electron chi connectivity index (χ2n) is 17.0. The first-order valence-electron chi connectivity index (χ1n) is 26.7. The summed E-state index contributed by atoms with van der Waals surface area (Å²) in [6.07, 6.45) is 78.9. The molecule has 0 fully saturated rings. The first-order valence-corrected chi connectivity index (χ1v) is 26.7. The molecular weight excluding hydrogens is 813 g/mol. The van der Waals surface area contributed by atoms with Gasteiger partial charge in [-0.2, -0.15) is 0 Å². The summed E-state index contributed by atoms with van der Waals surface area (Å²) in [5.74, 6) is -0.468. The molecule has 0 bridgehead atoms. The second-order valence-corrected chi connectivity index (χ2v) is 17.0. The van der Waals surface area contributed by atoms with Crippen molar-refractivity contribution in [3.8, 4) is 0 Å². The summed E-state index contributed by atoms with van der Waals surface area (Å²) in [7, 11) is 0. The van der Waals surface area contributed by atoms with Crippen LogP contribution in [0.4, 0.5) is 0 Å². The zero-order valence-electron chi connectivity index (χ0n) is 42.7. The largest absolute Gasteiger partial charge is 0.462 e. The molecule has 0 aromatic heterocycles. The van der Waals surface area contributed by atoms with Crippen LogP contribution < -0.4 is 0 Å². The molecule has 0 aliphatic rings. The Labute approximate surface area is 407 Å². The molecule has 1 atom stereocenters. The van der Waals surface area contributed by atoms with E-state index in [1.165, 1.54) is 25.7 Å². The minimum absolute atomic E-state index is 0.0479. The highest BCUT2D eigenvalue weighted by Gasteiger charge is 2.17. The van der Waals surface area contributed by atoms with Crippen LogP contribution in [0.2, 0.25) is 0 Å². The molecule has 0 saturated carbocycles. The van der Waals surface area contributed by atoms with E-state index in [0.717, 1.165) is 154 Å². The van der Waals surface area contributed by atoms with Crippen molar-refractivity contribution in [2.45, 2.75) is 219 Å². The maximum atomic E-state index is 12.8. The molecule has 66 heavy (non-hydrogen) atoms. The third-order valence-corrected chi connectivity index (χ3v) is 10.7. The fourth-order valence-corrected chi connectivity index (χ4v) is 6.80. The van der Waals surface area contributed by atoms with Crippen LogP contribution >= 0.6 is 0 Å². The number of allylic oxidation sites excluding steroid dienone is 22. The molecule has 0 spiro atoms. The quantitative estimate of drug-likeness (QED) is 0.0346. The monoisotopic (exact) mass is 911 g/mol. The summed E-state index contributed by atoms with van der Waals surface area (Å²) in [4.78, 5) is 25.5. The van der Waals surface area contributed by atoms with Crippen LogP contribution in [-0.4, -0.2) is 37.9 Å². The van der Waals surface area contributed by atoms with Crippen LogP contribution in [0.5, 0.6) is 0 Å². The molecule has 0 saturated heterocycles. The van der Waals surface area contributed by atoms with E-state index in [-0.39, 0.29) is 25.2 Å². The third kappa shape index (κ3) is 52.7. The number of hydrogen-bond donors (Lipinski definition) is 0. The van der Waals surface area contributed by atoms with Crippen LogP contribution in [-0.2, 0) is 23.8 Å². The Balaban J connectivity index is 4.43. The molecule has 0 heterocycles. The highest BCUT2D eigenvalue weighted by Crippen LogP contribution is 2.12. The number of carbonyl (C=O) groups is 2. The summed E-state index contributed by atoms with van der Waals surface area (Å²) >= 11 is 0. The lowest BCUT2D eigenvalue weighted by Crippen LogP contribution is -2.30. The fraction of sp³-hybridized carbons (Fsp3) is 0.607. The number of hydrogen-bond acceptors (Lipinski definition) is 5. The minimum Gasteiger partial charge on any atom is -0.462 e. The Morgan fingerprint density at radius 1 is 0.333 bits per heavy atom. The topological polar surface area (TPSA) is 61.8 Å². The number of carbonyl (C=O) groups excluding carboxylic acids is 2. The van der Waals surface area contributed by atoms with Crippen molar-refractivity contribution in [1.82, 2.24) is 0 Å². The van der Waals surface area contributed by atoms with Gasteiger partial charge in [-0.05, 0) is 128 Å². The molecule has 372 valence electrons. The molecular formula is C61H98O5. The van der Waals surface area contributed by atoms with Crippen molar-refractivity contribution in [1.29, 1.82) is 0 Å². The maximum Gasteiger partial charge on any atom is 0.306 e. The maximum absolute atomic E-state index is 12.8. The number of unbranched alkanes of at least 4 members (excludes halogenated alkanes) is 14. The Bertz CT molecular complexity index is 1400. The van der Waals surface area contributed by atoms with Crippen molar-refractivity contribution < 1.29 is 23.8 Å². The van der Waals surface area contributed by atoms with Gasteiger partial charge in [0.05, 0.1) is 6.61 Å². The molecule has 0 rings (SSSR count). The zero-order valence-corrected chi connectivity index (χ0v) is 42.7. The van der Waals surface area contributed by atoms with E-state index in [9.17, 15) is 9.59 Å². The van der Waals surface area contributed by atoms with E-state index in [4.69, 9.17) is 14.2 Å². The molecule has 0 radical (unpaired) electrons. The fourth-order valence-electron chi connectivity index (χ4n) is 6.80. The number of rotatable bonds is 47. The van der Waals surface area contributed by atoms with E-state index in [1.807, 2.05) is 0 Å². The Kier molecular flexibility index (Phi) is 52.0. The first kappa shape index (κ1) is 62.0. The average Bonchev–Trinajstić information content (AvgIpc) is 3.32. The minimum atomic E-state index is -0.577. The lowest BCUT2D eigenvalue weighted by Gasteiger charge is -2.18. The Hall–Kier alpha value is -3.96. The molecule has 5 nitrogen and oxygen atoms in total. The van der Waals surface area contributed by atoms with Gasteiger partial charge in [0.1, 0.15) is 6.61 Å². The summed E-state index contributed by atoms with van der Waals surface area (Å²) in [5, 5.41) is 0. The zero-order chi connectivity index (χ0) is 47.7. The predicted octanol–water partition coefficient (Wildman–Crippen LogP) is 18.3. The Morgan fingerprint density at radius 3 is 1.02 bits per heavy atom. The average molecular weight is 911 g/mol. The van der Waals surface area contributed by atoms with Gasteiger partial charge in [-0.3, -0.25) is 9.59 Å². The standard InChI is InChI=1S/C61H98O5/c1-4-7-10-13-16-19-22-25-28-31-33-36-39-42-45-48-51-54-60(62)65-58-59(57-64-56-53-50-47-44-41-38-35-30-27-24-21-18-15-12-9-6-3)66-61(63)55-52-49-46-43-40-37-34-32-29-26-23-20-17-14-11-8-5-2/h7-12,16-21,25-30,33-34,36-37,59H,4-6,13-15,22-24,31-32,35,38-58H2,1-3H3/b10-7-,11-8-,12-9-,19-16-,20-17-,21-18-,28-25-,29-26-,30-27-,36-33-,37-34-. The van der Waals surface area contributed by atoms with Gasteiger partial charge >= 0.3 is 11.9 Å². The van der Waals surface area contributed by atoms with Crippen molar-refractivity contribution in [2.24, 2.45) is 0 Å². The van der Waals surface area contributed by atoms with E-state index in [1.54, 1.807) is 0 Å². The van der Waals surface area contributed by atoms with E-state index >= 15 is 0 Å². The van der Waals surface area contributed by atoms with Gasteiger partial charge in [0.25, 0.3) is 0 Å². The van der Waals surface area contributed by atoms with Crippen LogP contribution in [0.25, 0.3) is 0 Å². The van der Waals surface area contributed by atoms with Gasteiger partial charge in [0, 0.05) is 19.4 Å². The van der Waals surface area contributed by atoms with Crippen LogP contribution in [0.3, 0.4) is 0 Å². The van der Waals surface area contributed by atoms with E-state index in [2.05, 4.69) is 154 Å². The number of ether oxygens (including phenoxy) is 3. The SMILES string of the molecule is CC/C=C\C/C=C\C/C=C\C/C=C\CCCCCCC(=O)OCC(COCCCCCCCC/C=C\C/C=C\C/C=C\CC)OC(=O)CCCCCC/C=C\C/C=C\C/C=C\C/C=C\CC. The molecule has 0 aromatic rings. The van der Waals surface area contributed by atoms with E-state index in [0.29, 0.717) is 19.4 Å². The summed E-state index contributed by atoms with van der Waals surface area (Å²) in [6.45, 7) is 7.39. The first-order chi connectivity index (χ1) is 32.6. The predicted molar refractivity (Wildman–Crippen MR) is 288 cm³/mol. The third-order valence-electron chi connectivity index (χ3n) is 10.7. The van der Waals surface area contributed by atoms with Gasteiger partial charge in [-0.15, -0.1) is 0 Å². The lowest BCUT2D eigenvalue weighted by molar-refractivity contribution is -0.163. The molecule has 5 heteroatoms.